The van der Waals surface area contributed by atoms with Crippen LogP contribution in [-0.2, 0) is 37.3 Å². The summed E-state index contributed by atoms with van der Waals surface area (Å²) < 4.78 is 119. The van der Waals surface area contributed by atoms with Crippen LogP contribution in [0.1, 0.15) is 11.1 Å². The van der Waals surface area contributed by atoms with Gasteiger partial charge in [-0.1, -0.05) is 30.0 Å². The lowest BCUT2D eigenvalue weighted by atomic mass is 10.0. The van der Waals surface area contributed by atoms with E-state index in [9.17, 15) is 26.3 Å². The lowest BCUT2D eigenvalue weighted by Crippen LogP contribution is -2.71. The van der Waals surface area contributed by atoms with Gasteiger partial charge in [0.2, 0.25) is 0 Å². The van der Waals surface area contributed by atoms with Gasteiger partial charge in [-0.25, -0.2) is 16.8 Å². The van der Waals surface area contributed by atoms with Crippen LogP contribution in [0, 0.1) is 0 Å². The summed E-state index contributed by atoms with van der Waals surface area (Å²) in [5.41, 5.74) is -8.07. The Balaban J connectivity index is 0.000000456. The molecule has 0 saturated carbocycles. The Kier molecular flexibility index (Phi) is 10.2. The number of rotatable bonds is 0. The molecule has 172 valence electrons. The van der Waals surface area contributed by atoms with Crippen LogP contribution in [0.4, 0.5) is 26.3 Å². The van der Waals surface area contributed by atoms with Crippen molar-refractivity contribution in [1.29, 1.82) is 0 Å². The Morgan fingerprint density at radius 3 is 1.73 bits per heavy atom. The molecule has 2 rings (SSSR count). The van der Waals surface area contributed by atoms with E-state index < -0.39 is 31.3 Å². The zero-order chi connectivity index (χ0) is 24.0. The first-order valence-electron chi connectivity index (χ1n) is 6.80. The number of alkyl halides is 6. The fourth-order valence-electron chi connectivity index (χ4n) is 1.48. The molecular weight excluding hydrogens is 512 g/mol. The van der Waals surface area contributed by atoms with Gasteiger partial charge >= 0.3 is 20.9 Å². The number of benzene rings is 1. The highest BCUT2D eigenvalue weighted by molar-refractivity contribution is 8.24. The van der Waals surface area contributed by atoms with E-state index in [1.165, 1.54) is 5.56 Å². The zero-order valence-corrected chi connectivity index (χ0v) is 17.6. The van der Waals surface area contributed by atoms with Crippen LogP contribution in [0.2, 0.25) is 0 Å². The molecule has 30 heavy (non-hydrogen) atoms. The summed E-state index contributed by atoms with van der Waals surface area (Å²) in [7, 11) is -12.2. The number of halogens is 6. The van der Waals surface area contributed by atoms with Crippen molar-refractivity contribution in [3.8, 4) is 0 Å². The Morgan fingerprint density at radius 2 is 1.40 bits per heavy atom. The molecule has 18 heteroatoms. The molecule has 1 heterocycles. The minimum absolute atomic E-state index is 0.837. The summed E-state index contributed by atoms with van der Waals surface area (Å²) in [5.74, 6) is 0.984. The molecule has 1 aromatic carbocycles. The molecule has 0 aromatic heterocycles. The SMILES string of the molecule is C[S+]=C1SCc2ccccc2/C1=[NH+]\O.O=S(=O)([O-])C(F)(F)F.O=S(=O)([O-])C(F)(F)F. The van der Waals surface area contributed by atoms with E-state index in [0.29, 0.717) is 0 Å². The van der Waals surface area contributed by atoms with Crippen molar-refractivity contribution >= 4 is 53.3 Å². The van der Waals surface area contributed by atoms with Crippen molar-refractivity contribution in [2.24, 2.45) is 0 Å². The maximum Gasteiger partial charge on any atom is 0.485 e. The average Bonchev–Trinajstić information content (AvgIpc) is 2.58. The number of fused-ring (bicyclic) bond motifs is 1. The fraction of sp³-hybridized carbons (Fsp3) is 0.333. The van der Waals surface area contributed by atoms with Gasteiger partial charge in [0.15, 0.2) is 37.8 Å². The Morgan fingerprint density at radius 1 is 1.00 bits per heavy atom. The van der Waals surface area contributed by atoms with Gasteiger partial charge in [-0.2, -0.15) is 26.3 Å². The highest BCUT2D eigenvalue weighted by Crippen LogP contribution is 2.25. The van der Waals surface area contributed by atoms with Gasteiger partial charge in [0.1, 0.15) is 0 Å². The van der Waals surface area contributed by atoms with Crippen molar-refractivity contribution in [2.75, 3.05) is 6.26 Å². The standard InChI is InChI=1S/C10H9NOS2.2CHF3O3S/c1-13-10-9(11-12)8-5-3-2-4-7(8)6-14-10;2*2-1(3,4)8(5,6)7/h2-5H,6H2,1H3;2*(H,5,6,7)/b11-9+;;. The highest BCUT2D eigenvalue weighted by atomic mass is 32.2. The van der Waals surface area contributed by atoms with Gasteiger partial charge in [-0.05, 0) is 16.8 Å². The summed E-state index contributed by atoms with van der Waals surface area (Å²) in [4.78, 5) is 0. The monoisotopic (exact) mass is 523 g/mol. The summed E-state index contributed by atoms with van der Waals surface area (Å²) in [5, 5.41) is 11.4. The van der Waals surface area contributed by atoms with Gasteiger partial charge in [0.05, 0.1) is 5.56 Å². The summed E-state index contributed by atoms with van der Waals surface area (Å²) >= 11 is 3.42. The van der Waals surface area contributed by atoms with E-state index in [2.05, 4.69) is 11.2 Å². The third-order valence-corrected chi connectivity index (χ3v) is 6.20. The maximum atomic E-state index is 10.7. The molecular formula is C12H11F6NO7S4. The second kappa shape index (κ2) is 10.7. The van der Waals surface area contributed by atoms with Crippen LogP contribution in [-0.4, -0.2) is 58.3 Å². The second-order valence-corrected chi connectivity index (χ2v) is 9.53. The molecule has 0 amide bonds. The molecule has 1 aromatic rings. The van der Waals surface area contributed by atoms with E-state index in [1.54, 1.807) is 23.1 Å². The number of hydrogen-bond acceptors (Lipinski definition) is 8. The average molecular weight is 523 g/mol. The van der Waals surface area contributed by atoms with Crippen molar-refractivity contribution in [1.82, 2.24) is 0 Å². The minimum atomic E-state index is -6.09. The van der Waals surface area contributed by atoms with E-state index in [4.69, 9.17) is 31.1 Å². The molecule has 0 unspecified atom stereocenters. The first kappa shape index (κ1) is 28.5. The van der Waals surface area contributed by atoms with Gasteiger partial charge in [-0.15, -0.1) is 0 Å². The first-order valence-corrected chi connectivity index (χ1v) is 11.8. The van der Waals surface area contributed by atoms with Gasteiger partial charge in [-0.3, -0.25) is 5.21 Å². The minimum Gasteiger partial charge on any atom is -0.741 e. The Bertz CT molecular complexity index is 959. The molecule has 0 spiro atoms. The molecule has 1 aliphatic rings. The van der Waals surface area contributed by atoms with Crippen molar-refractivity contribution < 1.29 is 62.6 Å². The molecule has 1 aliphatic heterocycles. The molecule has 0 aliphatic carbocycles. The largest absolute Gasteiger partial charge is 0.741 e. The molecule has 0 radical (unpaired) electrons. The molecule has 0 fully saturated rings. The van der Waals surface area contributed by atoms with Crippen LogP contribution in [0.25, 0.3) is 0 Å². The quantitative estimate of drug-likeness (QED) is 0.0928. The van der Waals surface area contributed by atoms with E-state index in [-0.39, 0.29) is 0 Å². The van der Waals surface area contributed by atoms with E-state index in [0.717, 1.165) is 21.2 Å². The lowest BCUT2D eigenvalue weighted by Gasteiger charge is -2.09. The third-order valence-electron chi connectivity index (χ3n) is 2.71. The highest BCUT2D eigenvalue weighted by Gasteiger charge is 2.37. The lowest BCUT2D eigenvalue weighted by molar-refractivity contribution is -0.735. The van der Waals surface area contributed by atoms with E-state index >= 15 is 0 Å². The van der Waals surface area contributed by atoms with Gasteiger partial charge in [0.25, 0.3) is 0 Å². The van der Waals surface area contributed by atoms with Crippen molar-refractivity contribution in [2.45, 2.75) is 16.8 Å². The van der Waals surface area contributed by atoms with Crippen molar-refractivity contribution in [3.63, 3.8) is 0 Å². The van der Waals surface area contributed by atoms with Crippen LogP contribution in [0.3, 0.4) is 0 Å². The Hall–Kier alpha value is -1.47. The predicted molar refractivity (Wildman–Crippen MR) is 94.4 cm³/mol. The van der Waals surface area contributed by atoms with Crippen LogP contribution >= 0.6 is 11.8 Å². The van der Waals surface area contributed by atoms with Gasteiger partial charge in [0, 0.05) is 5.75 Å². The molecule has 2 N–H and O–H groups in total. The molecule has 8 nitrogen and oxygen atoms in total. The number of nitrogens with one attached hydrogen (secondary N) is 1. The first-order chi connectivity index (χ1) is 13.4. The summed E-state index contributed by atoms with van der Waals surface area (Å²) in [6, 6.07) is 8.14. The predicted octanol–water partition coefficient (Wildman–Crippen LogP) is 0.137. The maximum absolute atomic E-state index is 10.7. The molecule has 0 bridgehead atoms. The second-order valence-electron chi connectivity index (χ2n) is 4.72. The number of hydrogen-bond donors (Lipinski definition) is 2. The topological polar surface area (TPSA) is 149 Å². The van der Waals surface area contributed by atoms with E-state index in [1.807, 2.05) is 24.5 Å². The summed E-state index contributed by atoms with van der Waals surface area (Å²) in [6.45, 7) is 0. The summed E-state index contributed by atoms with van der Waals surface area (Å²) in [6.07, 6.45) is 2.02. The van der Waals surface area contributed by atoms with Crippen LogP contribution < -0.4 is 5.16 Å². The van der Waals surface area contributed by atoms with Crippen molar-refractivity contribution in [3.05, 3.63) is 35.4 Å². The molecule has 0 atom stereocenters. The number of thioether (sulfide) groups is 1. The van der Waals surface area contributed by atoms with Crippen LogP contribution in [0.15, 0.2) is 24.3 Å². The van der Waals surface area contributed by atoms with Crippen LogP contribution in [0.5, 0.6) is 0 Å². The third kappa shape index (κ3) is 8.72. The smallest absolute Gasteiger partial charge is 0.485 e. The Labute approximate surface area is 174 Å². The zero-order valence-electron chi connectivity index (χ0n) is 14.3. The fourth-order valence-corrected chi connectivity index (χ4v) is 3.33. The van der Waals surface area contributed by atoms with Gasteiger partial charge < -0.3 is 9.11 Å². The molecule has 0 saturated heterocycles. The normalized spacial score (nSPS) is 17.4.